The van der Waals surface area contributed by atoms with Crippen molar-refractivity contribution in [3.63, 3.8) is 0 Å². The number of amides is 1. The summed E-state index contributed by atoms with van der Waals surface area (Å²) in [4.78, 5) is 16.6. The van der Waals surface area contributed by atoms with Gasteiger partial charge < -0.3 is 9.84 Å². The molecule has 0 saturated carbocycles. The molecule has 4 aromatic rings. The molecule has 0 spiro atoms. The van der Waals surface area contributed by atoms with Crippen molar-refractivity contribution in [1.82, 2.24) is 10.1 Å². The molecule has 0 saturated heterocycles. The van der Waals surface area contributed by atoms with E-state index in [2.05, 4.69) is 15.5 Å². The monoisotopic (exact) mass is 359 g/mol. The molecular weight excluding hydrogens is 345 g/mol. The maximum absolute atomic E-state index is 13.3. The van der Waals surface area contributed by atoms with Crippen molar-refractivity contribution in [2.45, 2.75) is 0 Å². The number of hydrogen-bond donors (Lipinski definition) is 1. The first kappa shape index (κ1) is 16.7. The number of nitrogens with zero attached hydrogens (tertiary/aromatic N) is 2. The Kier molecular flexibility index (Phi) is 4.45. The number of aromatic nitrogens is 2. The van der Waals surface area contributed by atoms with Gasteiger partial charge in [-0.05, 0) is 48.5 Å². The first-order valence-corrected chi connectivity index (χ1v) is 8.25. The maximum atomic E-state index is 13.3. The molecule has 132 valence electrons. The first-order chi connectivity index (χ1) is 13.2. The van der Waals surface area contributed by atoms with E-state index in [1.165, 1.54) is 12.1 Å². The molecule has 0 aliphatic heterocycles. The van der Waals surface area contributed by atoms with Crippen LogP contribution in [0.4, 0.5) is 10.1 Å². The van der Waals surface area contributed by atoms with Crippen LogP contribution in [0, 0.1) is 5.82 Å². The van der Waals surface area contributed by atoms with Gasteiger partial charge in [0.2, 0.25) is 5.82 Å². The van der Waals surface area contributed by atoms with E-state index in [1.54, 1.807) is 36.4 Å². The highest BCUT2D eigenvalue weighted by molar-refractivity contribution is 6.04. The number of nitrogens with one attached hydrogen (secondary N) is 1. The Morgan fingerprint density at radius 3 is 2.41 bits per heavy atom. The molecule has 1 heterocycles. The quantitative estimate of drug-likeness (QED) is 0.568. The third kappa shape index (κ3) is 3.74. The van der Waals surface area contributed by atoms with Crippen molar-refractivity contribution in [3.05, 3.63) is 90.2 Å². The van der Waals surface area contributed by atoms with Gasteiger partial charge in [-0.1, -0.05) is 35.5 Å². The summed E-state index contributed by atoms with van der Waals surface area (Å²) in [6, 6.07) is 22.0. The largest absolute Gasteiger partial charge is 0.334 e. The third-order valence-electron chi connectivity index (χ3n) is 3.93. The van der Waals surface area contributed by atoms with E-state index in [1.807, 2.05) is 30.3 Å². The predicted molar refractivity (Wildman–Crippen MR) is 99.5 cm³/mol. The van der Waals surface area contributed by atoms with E-state index in [9.17, 15) is 9.18 Å². The second-order valence-electron chi connectivity index (χ2n) is 5.83. The van der Waals surface area contributed by atoms with Crippen LogP contribution in [-0.4, -0.2) is 16.0 Å². The SMILES string of the molecule is O=C(Nc1ccccc1)c1ccc(-c2nc(-c3cccc(F)c3)no2)cc1. The highest BCUT2D eigenvalue weighted by Gasteiger charge is 2.12. The fraction of sp³-hybridized carbons (Fsp3) is 0. The molecule has 4 rings (SSSR count). The van der Waals surface area contributed by atoms with Crippen LogP contribution in [0.5, 0.6) is 0 Å². The van der Waals surface area contributed by atoms with Crippen LogP contribution >= 0.6 is 0 Å². The van der Waals surface area contributed by atoms with Gasteiger partial charge in [0.15, 0.2) is 0 Å². The zero-order valence-corrected chi connectivity index (χ0v) is 14.1. The molecule has 0 fully saturated rings. The minimum Gasteiger partial charge on any atom is -0.334 e. The van der Waals surface area contributed by atoms with Gasteiger partial charge in [0, 0.05) is 22.4 Å². The molecule has 5 nitrogen and oxygen atoms in total. The molecular formula is C21H14FN3O2. The van der Waals surface area contributed by atoms with Gasteiger partial charge >= 0.3 is 0 Å². The van der Waals surface area contributed by atoms with Gasteiger partial charge in [-0.25, -0.2) is 4.39 Å². The zero-order valence-electron chi connectivity index (χ0n) is 14.1. The van der Waals surface area contributed by atoms with E-state index in [-0.39, 0.29) is 11.7 Å². The van der Waals surface area contributed by atoms with Crippen LogP contribution in [0.25, 0.3) is 22.8 Å². The zero-order chi connectivity index (χ0) is 18.6. The minimum absolute atomic E-state index is 0.210. The number of benzene rings is 3. The smallest absolute Gasteiger partial charge is 0.258 e. The van der Waals surface area contributed by atoms with Gasteiger partial charge in [0.1, 0.15) is 5.82 Å². The first-order valence-electron chi connectivity index (χ1n) is 8.25. The molecule has 6 heteroatoms. The normalized spacial score (nSPS) is 10.6. The Labute approximate surface area is 154 Å². The summed E-state index contributed by atoms with van der Waals surface area (Å²) < 4.78 is 18.6. The number of anilines is 1. The van der Waals surface area contributed by atoms with Gasteiger partial charge in [-0.15, -0.1) is 0 Å². The van der Waals surface area contributed by atoms with Crippen LogP contribution in [0.15, 0.2) is 83.4 Å². The Hall–Kier alpha value is -3.80. The fourth-order valence-electron chi connectivity index (χ4n) is 2.57. The Balaban J connectivity index is 1.52. The summed E-state index contributed by atoms with van der Waals surface area (Å²) in [6.07, 6.45) is 0. The molecule has 0 atom stereocenters. The average Bonchev–Trinajstić information content (AvgIpc) is 3.19. The number of carbonyl (C=O) groups excluding carboxylic acids is 1. The summed E-state index contributed by atoms with van der Waals surface area (Å²) in [5, 5.41) is 6.71. The van der Waals surface area contributed by atoms with E-state index in [4.69, 9.17) is 4.52 Å². The number of rotatable bonds is 4. The van der Waals surface area contributed by atoms with Crippen molar-refractivity contribution in [1.29, 1.82) is 0 Å². The standard InChI is InChI=1S/C21H14FN3O2/c22-17-6-4-5-16(13-17)19-24-21(27-25-19)15-11-9-14(10-12-15)20(26)23-18-7-2-1-3-8-18/h1-13H,(H,23,26). The van der Waals surface area contributed by atoms with Gasteiger partial charge in [-0.3, -0.25) is 4.79 Å². The molecule has 27 heavy (non-hydrogen) atoms. The molecule has 0 bridgehead atoms. The molecule has 0 radical (unpaired) electrons. The van der Waals surface area contributed by atoms with E-state index >= 15 is 0 Å². The molecule has 0 aliphatic rings. The van der Waals surface area contributed by atoms with Crippen LogP contribution in [0.1, 0.15) is 10.4 Å². The van der Waals surface area contributed by atoms with Crippen LogP contribution in [-0.2, 0) is 0 Å². The molecule has 3 aromatic carbocycles. The van der Waals surface area contributed by atoms with Gasteiger partial charge in [0.05, 0.1) is 0 Å². The number of carbonyl (C=O) groups is 1. The number of hydrogen-bond acceptors (Lipinski definition) is 4. The van der Waals surface area contributed by atoms with Crippen molar-refractivity contribution < 1.29 is 13.7 Å². The highest BCUT2D eigenvalue weighted by atomic mass is 19.1. The molecule has 0 unspecified atom stereocenters. The summed E-state index contributed by atoms with van der Waals surface area (Å²) >= 11 is 0. The average molecular weight is 359 g/mol. The van der Waals surface area contributed by atoms with E-state index in [0.29, 0.717) is 28.4 Å². The number of para-hydroxylation sites is 1. The van der Waals surface area contributed by atoms with Crippen LogP contribution < -0.4 is 5.32 Å². The molecule has 1 amide bonds. The highest BCUT2D eigenvalue weighted by Crippen LogP contribution is 2.23. The van der Waals surface area contributed by atoms with Crippen LogP contribution in [0.3, 0.4) is 0 Å². The minimum atomic E-state index is -0.368. The molecule has 1 N–H and O–H groups in total. The van der Waals surface area contributed by atoms with E-state index in [0.717, 1.165) is 5.69 Å². The second-order valence-corrected chi connectivity index (χ2v) is 5.83. The summed E-state index contributed by atoms with van der Waals surface area (Å²) in [5.41, 5.74) is 2.43. The predicted octanol–water partition coefficient (Wildman–Crippen LogP) is 4.80. The second kappa shape index (κ2) is 7.21. The van der Waals surface area contributed by atoms with Gasteiger partial charge in [-0.2, -0.15) is 4.98 Å². The topological polar surface area (TPSA) is 68.0 Å². The van der Waals surface area contributed by atoms with Gasteiger partial charge in [0.25, 0.3) is 11.8 Å². The number of halogens is 1. The lowest BCUT2D eigenvalue weighted by molar-refractivity contribution is 0.102. The lowest BCUT2D eigenvalue weighted by Gasteiger charge is -2.05. The van der Waals surface area contributed by atoms with Crippen molar-refractivity contribution in [2.75, 3.05) is 5.32 Å². The lowest BCUT2D eigenvalue weighted by atomic mass is 10.1. The summed E-state index contributed by atoms with van der Waals surface area (Å²) in [5.74, 6) is 0.0195. The summed E-state index contributed by atoms with van der Waals surface area (Å²) in [7, 11) is 0. The third-order valence-corrected chi connectivity index (χ3v) is 3.93. The fourth-order valence-corrected chi connectivity index (χ4v) is 2.57. The lowest BCUT2D eigenvalue weighted by Crippen LogP contribution is -2.11. The van der Waals surface area contributed by atoms with Crippen molar-refractivity contribution in [3.8, 4) is 22.8 Å². The maximum Gasteiger partial charge on any atom is 0.258 e. The van der Waals surface area contributed by atoms with E-state index < -0.39 is 0 Å². The molecule has 0 aliphatic carbocycles. The molecule has 1 aromatic heterocycles. The summed E-state index contributed by atoms with van der Waals surface area (Å²) in [6.45, 7) is 0. The van der Waals surface area contributed by atoms with Crippen molar-refractivity contribution in [2.24, 2.45) is 0 Å². The Morgan fingerprint density at radius 1 is 0.889 bits per heavy atom. The Bertz CT molecular complexity index is 1080. The van der Waals surface area contributed by atoms with Crippen molar-refractivity contribution >= 4 is 11.6 Å². The Morgan fingerprint density at radius 2 is 1.67 bits per heavy atom. The van der Waals surface area contributed by atoms with Crippen LogP contribution in [0.2, 0.25) is 0 Å².